The highest BCUT2D eigenvalue weighted by atomic mass is 35.5. The summed E-state index contributed by atoms with van der Waals surface area (Å²) in [6.45, 7) is 10.3. The van der Waals surface area contributed by atoms with E-state index >= 15 is 0 Å². The van der Waals surface area contributed by atoms with Gasteiger partial charge in [0.25, 0.3) is 0 Å². The van der Waals surface area contributed by atoms with E-state index in [1.807, 2.05) is 19.2 Å². The minimum absolute atomic E-state index is 0. The van der Waals surface area contributed by atoms with Gasteiger partial charge in [-0.1, -0.05) is 5.57 Å². The zero-order valence-corrected chi connectivity index (χ0v) is 15.2. The van der Waals surface area contributed by atoms with E-state index in [1.165, 1.54) is 24.1 Å². The van der Waals surface area contributed by atoms with E-state index in [-0.39, 0.29) is 18.4 Å². The van der Waals surface area contributed by atoms with Gasteiger partial charge >= 0.3 is 6.03 Å². The van der Waals surface area contributed by atoms with Crippen LogP contribution >= 0.6 is 0 Å². The highest BCUT2D eigenvalue weighted by molar-refractivity contribution is 5.91. The standard InChI is InChI=1S/C18H27N3O.ClH/c1-5-21(6-2)16-9-10-17(13(3)11-16)20-18(22)19-12-14(4)15-7-8-15;/h9-12,15H,5-8H2,1-4H3,(H2,19,20,22);1H/p-1/b14-12+;. The molecule has 2 rings (SSSR count). The Kier molecular flexibility index (Phi) is 7.43. The molecule has 23 heavy (non-hydrogen) atoms. The lowest BCUT2D eigenvalue weighted by Crippen LogP contribution is -3.00. The fourth-order valence-corrected chi connectivity index (χ4v) is 2.57. The molecule has 0 heterocycles. The molecule has 0 aliphatic heterocycles. The number of aryl methyl sites for hydroxylation is 1. The third-order valence-corrected chi connectivity index (χ3v) is 4.24. The molecule has 1 aliphatic carbocycles. The van der Waals surface area contributed by atoms with Crippen LogP contribution in [0.1, 0.15) is 39.2 Å². The first-order chi connectivity index (χ1) is 10.5. The monoisotopic (exact) mass is 336 g/mol. The Balaban J connectivity index is 0.00000264. The van der Waals surface area contributed by atoms with Crippen LogP contribution in [0.5, 0.6) is 0 Å². The lowest BCUT2D eigenvalue weighted by atomic mass is 10.1. The van der Waals surface area contributed by atoms with Crippen molar-refractivity contribution in [2.24, 2.45) is 5.92 Å². The van der Waals surface area contributed by atoms with Gasteiger partial charge in [0.15, 0.2) is 0 Å². The van der Waals surface area contributed by atoms with Gasteiger partial charge in [-0.2, -0.15) is 0 Å². The van der Waals surface area contributed by atoms with Crippen LogP contribution in [-0.2, 0) is 0 Å². The molecule has 1 aromatic rings. The molecule has 0 saturated heterocycles. The molecule has 1 aliphatic rings. The first kappa shape index (κ1) is 19.4. The average molecular weight is 337 g/mol. The number of allylic oxidation sites excluding steroid dienone is 1. The Morgan fingerprint density at radius 3 is 2.48 bits per heavy atom. The van der Waals surface area contributed by atoms with Gasteiger partial charge in [0, 0.05) is 30.7 Å². The van der Waals surface area contributed by atoms with Crippen molar-refractivity contribution in [2.75, 3.05) is 23.3 Å². The Hall–Kier alpha value is -1.68. The second kappa shape index (κ2) is 8.82. The normalized spacial score (nSPS) is 14.0. The Morgan fingerprint density at radius 2 is 1.96 bits per heavy atom. The molecular weight excluding hydrogens is 310 g/mol. The lowest BCUT2D eigenvalue weighted by Gasteiger charge is -2.22. The molecule has 0 aromatic heterocycles. The summed E-state index contributed by atoms with van der Waals surface area (Å²) in [5.41, 5.74) is 4.37. The van der Waals surface area contributed by atoms with Gasteiger partial charge < -0.3 is 27.9 Å². The van der Waals surface area contributed by atoms with Crippen LogP contribution in [0.15, 0.2) is 30.0 Å². The number of anilines is 2. The Labute approximate surface area is 145 Å². The highest BCUT2D eigenvalue weighted by Gasteiger charge is 2.22. The van der Waals surface area contributed by atoms with Gasteiger partial charge in [-0.05, 0) is 70.2 Å². The molecular formula is C18H27ClN3O-. The van der Waals surface area contributed by atoms with Gasteiger partial charge in [-0.15, -0.1) is 0 Å². The molecule has 0 radical (unpaired) electrons. The van der Waals surface area contributed by atoms with E-state index in [0.29, 0.717) is 5.92 Å². The van der Waals surface area contributed by atoms with E-state index in [0.717, 1.165) is 24.3 Å². The highest BCUT2D eigenvalue weighted by Crippen LogP contribution is 2.35. The second-order valence-electron chi connectivity index (χ2n) is 5.93. The quantitative estimate of drug-likeness (QED) is 0.822. The van der Waals surface area contributed by atoms with E-state index in [2.05, 4.69) is 48.4 Å². The third-order valence-electron chi connectivity index (χ3n) is 4.24. The third kappa shape index (κ3) is 5.47. The van der Waals surface area contributed by atoms with Crippen LogP contribution in [0.2, 0.25) is 0 Å². The summed E-state index contributed by atoms with van der Waals surface area (Å²) in [6.07, 6.45) is 4.32. The number of carbonyl (C=O) groups excluding carboxylic acids is 1. The molecule has 0 unspecified atom stereocenters. The molecule has 0 atom stereocenters. The predicted molar refractivity (Wildman–Crippen MR) is 93.4 cm³/mol. The summed E-state index contributed by atoms with van der Waals surface area (Å²) in [7, 11) is 0. The van der Waals surface area contributed by atoms with Crippen molar-refractivity contribution in [1.82, 2.24) is 5.32 Å². The molecule has 1 aromatic carbocycles. The van der Waals surface area contributed by atoms with Crippen molar-refractivity contribution in [3.8, 4) is 0 Å². The summed E-state index contributed by atoms with van der Waals surface area (Å²) < 4.78 is 0. The number of hydrogen-bond acceptors (Lipinski definition) is 2. The smallest absolute Gasteiger partial charge is 0.323 e. The molecule has 2 amide bonds. The minimum atomic E-state index is -0.182. The van der Waals surface area contributed by atoms with Gasteiger partial charge in [0.05, 0.1) is 0 Å². The number of rotatable bonds is 6. The number of nitrogens with zero attached hydrogens (tertiary/aromatic N) is 1. The maximum atomic E-state index is 12.0. The summed E-state index contributed by atoms with van der Waals surface area (Å²) in [6, 6.07) is 5.97. The van der Waals surface area contributed by atoms with Gasteiger partial charge in [0.1, 0.15) is 0 Å². The second-order valence-corrected chi connectivity index (χ2v) is 5.93. The van der Waals surface area contributed by atoms with Gasteiger partial charge in [-0.25, -0.2) is 4.79 Å². The predicted octanol–water partition coefficient (Wildman–Crippen LogP) is 1.28. The summed E-state index contributed by atoms with van der Waals surface area (Å²) >= 11 is 0. The van der Waals surface area contributed by atoms with Crippen LogP contribution in [-0.4, -0.2) is 19.1 Å². The summed E-state index contributed by atoms with van der Waals surface area (Å²) in [5.74, 6) is 0.676. The maximum Gasteiger partial charge on any atom is 0.323 e. The van der Waals surface area contributed by atoms with Crippen molar-refractivity contribution in [3.63, 3.8) is 0 Å². The molecule has 5 heteroatoms. The fourth-order valence-electron chi connectivity index (χ4n) is 2.57. The maximum absolute atomic E-state index is 12.0. The van der Waals surface area contributed by atoms with Crippen molar-refractivity contribution in [3.05, 3.63) is 35.5 Å². The molecule has 1 saturated carbocycles. The van der Waals surface area contributed by atoms with E-state index in [1.54, 1.807) is 0 Å². The van der Waals surface area contributed by atoms with E-state index in [9.17, 15) is 4.79 Å². The Morgan fingerprint density at radius 1 is 1.30 bits per heavy atom. The number of carbonyl (C=O) groups is 1. The first-order valence-corrected chi connectivity index (χ1v) is 8.14. The Bertz CT molecular complexity index is 563. The summed E-state index contributed by atoms with van der Waals surface area (Å²) in [4.78, 5) is 14.3. The van der Waals surface area contributed by atoms with Crippen molar-refractivity contribution in [2.45, 2.75) is 40.5 Å². The minimum Gasteiger partial charge on any atom is -1.00 e. The van der Waals surface area contributed by atoms with Crippen LogP contribution in [0, 0.1) is 12.8 Å². The molecule has 1 fully saturated rings. The topological polar surface area (TPSA) is 44.4 Å². The number of benzene rings is 1. The van der Waals surface area contributed by atoms with Crippen LogP contribution in [0.25, 0.3) is 0 Å². The molecule has 4 nitrogen and oxygen atoms in total. The number of hydrogen-bond donors (Lipinski definition) is 2. The number of amides is 2. The largest absolute Gasteiger partial charge is 1.00 e. The molecule has 2 N–H and O–H groups in total. The van der Waals surface area contributed by atoms with Gasteiger partial charge in [-0.3, -0.25) is 0 Å². The average Bonchev–Trinajstić information content (AvgIpc) is 3.33. The van der Waals surface area contributed by atoms with E-state index < -0.39 is 0 Å². The molecule has 0 bridgehead atoms. The first-order valence-electron chi connectivity index (χ1n) is 8.14. The lowest BCUT2D eigenvalue weighted by molar-refractivity contribution is -0.00000783. The summed E-state index contributed by atoms with van der Waals surface area (Å²) in [5, 5.41) is 5.73. The fraction of sp³-hybridized carbons (Fsp3) is 0.500. The van der Waals surface area contributed by atoms with E-state index in [4.69, 9.17) is 0 Å². The number of nitrogens with one attached hydrogen (secondary N) is 2. The number of urea groups is 1. The van der Waals surface area contributed by atoms with Crippen molar-refractivity contribution in [1.29, 1.82) is 0 Å². The number of halogens is 1. The van der Waals surface area contributed by atoms with Crippen LogP contribution in [0.3, 0.4) is 0 Å². The van der Waals surface area contributed by atoms with Gasteiger partial charge in [0.2, 0.25) is 0 Å². The van der Waals surface area contributed by atoms with Crippen LogP contribution in [0.4, 0.5) is 16.2 Å². The SMILES string of the molecule is CCN(CC)c1ccc(NC(=O)N/C=C(\C)C2CC2)c(C)c1.[Cl-]. The van der Waals surface area contributed by atoms with Crippen molar-refractivity contribution >= 4 is 17.4 Å². The molecule has 0 spiro atoms. The molecule has 128 valence electrons. The zero-order chi connectivity index (χ0) is 16.1. The van der Waals surface area contributed by atoms with Crippen molar-refractivity contribution < 1.29 is 17.2 Å². The van der Waals surface area contributed by atoms with Crippen LogP contribution < -0.4 is 27.9 Å². The zero-order valence-electron chi connectivity index (χ0n) is 14.4.